The monoisotopic (exact) mass is 325 g/mol. The minimum Gasteiger partial charge on any atom is -0.327 e. The van der Waals surface area contributed by atoms with Crippen molar-refractivity contribution < 1.29 is 0 Å². The average Bonchev–Trinajstić information content (AvgIpc) is 2.42. The molecule has 0 aliphatic rings. The minimum absolute atomic E-state index is 0.133. The van der Waals surface area contributed by atoms with Crippen LogP contribution in [0, 0.1) is 0 Å². The van der Waals surface area contributed by atoms with Crippen molar-refractivity contribution in [2.45, 2.75) is 35.6 Å². The van der Waals surface area contributed by atoms with Gasteiger partial charge in [-0.15, -0.1) is 0 Å². The third kappa shape index (κ3) is 4.16. The number of halogens is 2. The molecule has 0 saturated heterocycles. The molecule has 20 heavy (non-hydrogen) atoms. The molecule has 0 aliphatic heterocycles. The van der Waals surface area contributed by atoms with E-state index < -0.39 is 0 Å². The van der Waals surface area contributed by atoms with E-state index in [1.54, 1.807) is 11.8 Å². The van der Waals surface area contributed by atoms with E-state index >= 15 is 0 Å². The van der Waals surface area contributed by atoms with Gasteiger partial charge >= 0.3 is 0 Å². The van der Waals surface area contributed by atoms with Gasteiger partial charge < -0.3 is 5.73 Å². The lowest BCUT2D eigenvalue weighted by Gasteiger charge is -2.15. The molecule has 106 valence electrons. The van der Waals surface area contributed by atoms with Gasteiger partial charge in [0.15, 0.2) is 0 Å². The van der Waals surface area contributed by atoms with Gasteiger partial charge in [0.2, 0.25) is 0 Å². The van der Waals surface area contributed by atoms with Crippen LogP contribution in [0.25, 0.3) is 0 Å². The average molecular weight is 326 g/mol. The zero-order valence-corrected chi connectivity index (χ0v) is 13.6. The molecule has 0 fully saturated rings. The molecule has 1 unspecified atom stereocenters. The van der Waals surface area contributed by atoms with E-state index in [2.05, 4.69) is 13.0 Å². The predicted molar refractivity (Wildman–Crippen MR) is 89.0 cm³/mol. The first-order valence-corrected chi connectivity index (χ1v) is 8.13. The second kappa shape index (κ2) is 7.37. The van der Waals surface area contributed by atoms with Gasteiger partial charge in [-0.1, -0.05) is 54.0 Å². The van der Waals surface area contributed by atoms with E-state index in [0.717, 1.165) is 38.2 Å². The van der Waals surface area contributed by atoms with Crippen LogP contribution in [-0.4, -0.2) is 6.04 Å². The zero-order valence-electron chi connectivity index (χ0n) is 11.3. The number of hydrogen-bond donors (Lipinski definition) is 1. The summed E-state index contributed by atoms with van der Waals surface area (Å²) in [5, 5.41) is 1.52. The Labute approximate surface area is 134 Å². The van der Waals surface area contributed by atoms with Crippen LogP contribution in [0.15, 0.2) is 52.3 Å². The van der Waals surface area contributed by atoms with Crippen LogP contribution < -0.4 is 5.73 Å². The Morgan fingerprint density at radius 1 is 1.15 bits per heavy atom. The third-order valence-corrected chi connectivity index (χ3v) is 4.77. The van der Waals surface area contributed by atoms with E-state index in [0.29, 0.717) is 0 Å². The Morgan fingerprint density at radius 2 is 1.90 bits per heavy atom. The Bertz CT molecular complexity index is 586. The highest BCUT2D eigenvalue weighted by atomic mass is 35.5. The summed E-state index contributed by atoms with van der Waals surface area (Å²) in [4.78, 5) is 2.25. The first-order valence-electron chi connectivity index (χ1n) is 6.56. The summed E-state index contributed by atoms with van der Waals surface area (Å²) in [6.07, 6.45) is 1.73. The van der Waals surface area contributed by atoms with Crippen LogP contribution in [0.1, 0.15) is 18.9 Å². The summed E-state index contributed by atoms with van der Waals surface area (Å²) in [5.41, 5.74) is 7.19. The Balaban J connectivity index is 2.29. The lowest BCUT2D eigenvalue weighted by molar-refractivity contribution is 0.641. The van der Waals surface area contributed by atoms with Crippen LogP contribution in [-0.2, 0) is 6.42 Å². The summed E-state index contributed by atoms with van der Waals surface area (Å²) >= 11 is 14.0. The van der Waals surface area contributed by atoms with E-state index in [-0.39, 0.29) is 6.04 Å². The first kappa shape index (κ1) is 15.7. The van der Waals surface area contributed by atoms with E-state index in [4.69, 9.17) is 28.9 Å². The number of hydrogen-bond acceptors (Lipinski definition) is 2. The molecule has 2 rings (SSSR count). The molecule has 0 radical (unpaired) electrons. The van der Waals surface area contributed by atoms with Crippen LogP contribution in [0.4, 0.5) is 0 Å². The van der Waals surface area contributed by atoms with Crippen molar-refractivity contribution in [3.8, 4) is 0 Å². The highest BCUT2D eigenvalue weighted by molar-refractivity contribution is 7.99. The molecule has 0 amide bonds. The van der Waals surface area contributed by atoms with Gasteiger partial charge in [-0.25, -0.2) is 0 Å². The summed E-state index contributed by atoms with van der Waals surface area (Å²) in [5.74, 6) is 0. The minimum atomic E-state index is 0.133. The maximum atomic E-state index is 6.33. The van der Waals surface area contributed by atoms with Gasteiger partial charge in [-0.2, -0.15) is 0 Å². The van der Waals surface area contributed by atoms with Crippen LogP contribution in [0.2, 0.25) is 10.0 Å². The Hall–Kier alpha value is -0.670. The molecule has 0 bridgehead atoms. The molecule has 0 heterocycles. The summed E-state index contributed by atoms with van der Waals surface area (Å²) in [6, 6.07) is 13.9. The number of rotatable bonds is 5. The highest BCUT2D eigenvalue weighted by Crippen LogP contribution is 2.35. The van der Waals surface area contributed by atoms with Crippen LogP contribution >= 0.6 is 35.0 Å². The van der Waals surface area contributed by atoms with Gasteiger partial charge in [0, 0.05) is 25.9 Å². The van der Waals surface area contributed by atoms with Gasteiger partial charge in [0.05, 0.1) is 0 Å². The van der Waals surface area contributed by atoms with Crippen molar-refractivity contribution >= 4 is 35.0 Å². The normalized spacial score (nSPS) is 12.4. The van der Waals surface area contributed by atoms with Crippen LogP contribution in [0.3, 0.4) is 0 Å². The fourth-order valence-electron chi connectivity index (χ4n) is 1.90. The zero-order chi connectivity index (χ0) is 14.5. The fourth-order valence-corrected chi connectivity index (χ4v) is 3.51. The molecule has 2 N–H and O–H groups in total. The molecule has 4 heteroatoms. The van der Waals surface area contributed by atoms with Crippen molar-refractivity contribution in [3.05, 3.63) is 58.1 Å². The molecule has 0 saturated carbocycles. The SMILES string of the molecule is CCC(N)Cc1c(Cl)cccc1Sc1cccc(Cl)c1. The van der Waals surface area contributed by atoms with Gasteiger partial charge in [-0.05, 0) is 48.7 Å². The maximum absolute atomic E-state index is 6.33. The van der Waals surface area contributed by atoms with Gasteiger partial charge in [0.25, 0.3) is 0 Å². The fraction of sp³-hybridized carbons (Fsp3) is 0.250. The van der Waals surface area contributed by atoms with Crippen LogP contribution in [0.5, 0.6) is 0 Å². The molecule has 0 spiro atoms. The largest absolute Gasteiger partial charge is 0.327 e. The topological polar surface area (TPSA) is 26.0 Å². The Morgan fingerprint density at radius 3 is 2.60 bits per heavy atom. The highest BCUT2D eigenvalue weighted by Gasteiger charge is 2.12. The maximum Gasteiger partial charge on any atom is 0.0449 e. The molecule has 0 aromatic heterocycles. The van der Waals surface area contributed by atoms with Crippen molar-refractivity contribution in [3.63, 3.8) is 0 Å². The van der Waals surface area contributed by atoms with Crippen molar-refractivity contribution in [1.29, 1.82) is 0 Å². The van der Waals surface area contributed by atoms with Crippen molar-refractivity contribution in [1.82, 2.24) is 0 Å². The lowest BCUT2D eigenvalue weighted by atomic mass is 10.0. The van der Waals surface area contributed by atoms with Crippen molar-refractivity contribution in [2.24, 2.45) is 5.73 Å². The quantitative estimate of drug-likeness (QED) is 0.793. The molecule has 0 aliphatic carbocycles. The number of benzene rings is 2. The molecule has 2 aromatic rings. The first-order chi connectivity index (χ1) is 9.60. The van der Waals surface area contributed by atoms with Gasteiger partial charge in [-0.3, -0.25) is 0 Å². The second-order valence-corrected chi connectivity index (χ2v) is 6.61. The molecular weight excluding hydrogens is 309 g/mol. The molecular formula is C16H17Cl2NS. The summed E-state index contributed by atoms with van der Waals surface area (Å²) in [6.45, 7) is 2.09. The second-order valence-electron chi connectivity index (χ2n) is 4.65. The summed E-state index contributed by atoms with van der Waals surface area (Å²) in [7, 11) is 0. The molecule has 2 aromatic carbocycles. The van der Waals surface area contributed by atoms with E-state index in [1.807, 2.05) is 36.4 Å². The number of nitrogens with two attached hydrogens (primary N) is 1. The predicted octanol–water partition coefficient (Wildman–Crippen LogP) is 5.42. The smallest absolute Gasteiger partial charge is 0.0449 e. The Kier molecular flexibility index (Phi) is 5.79. The summed E-state index contributed by atoms with van der Waals surface area (Å²) < 4.78 is 0. The van der Waals surface area contributed by atoms with Crippen molar-refractivity contribution in [2.75, 3.05) is 0 Å². The lowest BCUT2D eigenvalue weighted by Crippen LogP contribution is -2.21. The molecule has 1 atom stereocenters. The van der Waals surface area contributed by atoms with E-state index in [9.17, 15) is 0 Å². The standard InChI is InChI=1S/C16H17Cl2NS/c1-2-12(19)10-14-15(18)7-4-8-16(14)20-13-6-3-5-11(17)9-13/h3-9,12H,2,10,19H2,1H3. The third-order valence-electron chi connectivity index (χ3n) is 3.09. The van der Waals surface area contributed by atoms with E-state index in [1.165, 1.54) is 0 Å². The van der Waals surface area contributed by atoms with Gasteiger partial charge in [0.1, 0.15) is 0 Å². The molecule has 1 nitrogen and oxygen atoms in total.